The summed E-state index contributed by atoms with van der Waals surface area (Å²) < 4.78 is 11.7. The first-order valence-electron chi connectivity index (χ1n) is 6.30. The minimum atomic E-state index is -0.691. The molecule has 0 amide bonds. The van der Waals surface area contributed by atoms with Crippen LogP contribution in [0.25, 0.3) is 0 Å². The molecule has 0 saturated carbocycles. The largest absolute Gasteiger partial charge is 0.490 e. The highest BCUT2D eigenvalue weighted by Crippen LogP contribution is 2.28. The summed E-state index contributed by atoms with van der Waals surface area (Å²) in [5.41, 5.74) is 0.695. The van der Waals surface area contributed by atoms with Gasteiger partial charge in [0.25, 0.3) is 0 Å². The first-order valence-corrected chi connectivity index (χ1v) is 7.09. The quantitative estimate of drug-likeness (QED) is 0.805. The van der Waals surface area contributed by atoms with Gasteiger partial charge in [0.05, 0.1) is 18.8 Å². The third kappa shape index (κ3) is 5.91. The SMILES string of the molecule is CC(C)OCC(O)COc1cc(Br)ccc1[C@@H](C)O. The predicted octanol–water partition coefficient (Wildman–Crippen LogP) is 2.67. The van der Waals surface area contributed by atoms with Crippen LogP contribution in [0.5, 0.6) is 5.75 Å². The average Bonchev–Trinajstić information content (AvgIpc) is 2.33. The van der Waals surface area contributed by atoms with Crippen molar-refractivity contribution in [2.24, 2.45) is 0 Å². The Balaban J connectivity index is 2.59. The van der Waals surface area contributed by atoms with Crippen LogP contribution in [0.3, 0.4) is 0 Å². The van der Waals surface area contributed by atoms with Crippen LogP contribution < -0.4 is 4.74 Å². The molecule has 1 aromatic rings. The summed E-state index contributed by atoms with van der Waals surface area (Å²) in [6.07, 6.45) is -1.23. The Morgan fingerprint density at radius 3 is 2.42 bits per heavy atom. The minimum Gasteiger partial charge on any atom is -0.490 e. The second kappa shape index (κ2) is 7.85. The summed E-state index contributed by atoms with van der Waals surface area (Å²) in [5, 5.41) is 19.4. The Morgan fingerprint density at radius 2 is 1.84 bits per heavy atom. The van der Waals surface area contributed by atoms with Crippen LogP contribution in [0.4, 0.5) is 0 Å². The van der Waals surface area contributed by atoms with Crippen LogP contribution in [-0.4, -0.2) is 35.6 Å². The normalized spacial score (nSPS) is 14.5. The fourth-order valence-corrected chi connectivity index (χ4v) is 1.86. The van der Waals surface area contributed by atoms with Crippen molar-refractivity contribution in [2.75, 3.05) is 13.2 Å². The summed E-state index contributed by atoms with van der Waals surface area (Å²) >= 11 is 3.35. The Labute approximate surface area is 122 Å². The molecule has 0 fully saturated rings. The predicted molar refractivity (Wildman–Crippen MR) is 77.4 cm³/mol. The molecule has 1 rings (SSSR count). The van der Waals surface area contributed by atoms with Gasteiger partial charge in [-0.25, -0.2) is 0 Å². The smallest absolute Gasteiger partial charge is 0.126 e. The topological polar surface area (TPSA) is 58.9 Å². The first-order chi connectivity index (χ1) is 8.90. The monoisotopic (exact) mass is 332 g/mol. The van der Waals surface area contributed by atoms with Crippen LogP contribution in [0, 0.1) is 0 Å². The van der Waals surface area contributed by atoms with Gasteiger partial charge in [-0.05, 0) is 32.9 Å². The molecule has 0 saturated heterocycles. The fourth-order valence-electron chi connectivity index (χ4n) is 1.52. The number of aliphatic hydroxyl groups is 2. The molecule has 0 aliphatic carbocycles. The molecule has 2 N–H and O–H groups in total. The van der Waals surface area contributed by atoms with Gasteiger partial charge >= 0.3 is 0 Å². The molecule has 0 heterocycles. The van der Waals surface area contributed by atoms with Crippen molar-refractivity contribution < 1.29 is 19.7 Å². The lowest BCUT2D eigenvalue weighted by Gasteiger charge is -2.17. The van der Waals surface area contributed by atoms with E-state index in [0.29, 0.717) is 11.3 Å². The third-order valence-corrected chi connectivity index (χ3v) is 2.97. The molecule has 4 nitrogen and oxygen atoms in total. The number of halogens is 1. The van der Waals surface area contributed by atoms with E-state index in [9.17, 15) is 10.2 Å². The second-order valence-corrected chi connectivity index (χ2v) is 5.62. The molecule has 1 unspecified atom stereocenters. The maximum atomic E-state index is 9.73. The van der Waals surface area contributed by atoms with Crippen LogP contribution in [0.1, 0.15) is 32.4 Å². The molecule has 0 aliphatic heterocycles. The van der Waals surface area contributed by atoms with E-state index in [1.54, 1.807) is 19.1 Å². The summed E-state index contributed by atoms with van der Waals surface area (Å²) in [6, 6.07) is 5.41. The standard InChI is InChI=1S/C14H21BrO4/c1-9(2)18-7-12(17)8-19-14-6-11(15)4-5-13(14)10(3)16/h4-6,9-10,12,16-17H,7-8H2,1-3H3/t10-,12?/m1/s1. The molecule has 0 aromatic heterocycles. The molecule has 0 aliphatic rings. The lowest BCUT2D eigenvalue weighted by Crippen LogP contribution is -2.25. The van der Waals surface area contributed by atoms with E-state index in [0.717, 1.165) is 4.47 Å². The van der Waals surface area contributed by atoms with Gasteiger partial charge in [0.1, 0.15) is 18.5 Å². The highest BCUT2D eigenvalue weighted by molar-refractivity contribution is 9.10. The molecule has 108 valence electrons. The van der Waals surface area contributed by atoms with Gasteiger partial charge < -0.3 is 19.7 Å². The number of benzene rings is 1. The summed E-state index contributed by atoms with van der Waals surface area (Å²) in [7, 11) is 0. The number of hydrogen-bond acceptors (Lipinski definition) is 4. The maximum Gasteiger partial charge on any atom is 0.126 e. The maximum absolute atomic E-state index is 9.73. The molecule has 0 radical (unpaired) electrons. The van der Waals surface area contributed by atoms with E-state index >= 15 is 0 Å². The van der Waals surface area contributed by atoms with E-state index in [1.807, 2.05) is 19.9 Å². The van der Waals surface area contributed by atoms with Crippen LogP contribution in [0.15, 0.2) is 22.7 Å². The van der Waals surface area contributed by atoms with Crippen molar-refractivity contribution in [1.29, 1.82) is 0 Å². The van der Waals surface area contributed by atoms with Crippen molar-refractivity contribution in [3.63, 3.8) is 0 Å². The van der Waals surface area contributed by atoms with Crippen molar-refractivity contribution >= 4 is 15.9 Å². The molecular formula is C14H21BrO4. The van der Waals surface area contributed by atoms with Crippen molar-refractivity contribution in [3.05, 3.63) is 28.2 Å². The van der Waals surface area contributed by atoms with Gasteiger partial charge in [-0.1, -0.05) is 22.0 Å². The van der Waals surface area contributed by atoms with E-state index in [2.05, 4.69) is 15.9 Å². The average molecular weight is 333 g/mol. The molecule has 19 heavy (non-hydrogen) atoms. The summed E-state index contributed by atoms with van der Waals surface area (Å²) in [4.78, 5) is 0. The van der Waals surface area contributed by atoms with E-state index in [1.165, 1.54) is 0 Å². The van der Waals surface area contributed by atoms with Crippen LogP contribution in [0.2, 0.25) is 0 Å². The van der Waals surface area contributed by atoms with E-state index in [-0.39, 0.29) is 19.3 Å². The molecule has 5 heteroatoms. The van der Waals surface area contributed by atoms with Crippen molar-refractivity contribution in [2.45, 2.75) is 39.1 Å². The Kier molecular flexibility index (Phi) is 6.79. The van der Waals surface area contributed by atoms with Gasteiger partial charge in [0.15, 0.2) is 0 Å². The van der Waals surface area contributed by atoms with Gasteiger partial charge in [0, 0.05) is 10.0 Å². The number of ether oxygens (including phenoxy) is 2. The lowest BCUT2D eigenvalue weighted by molar-refractivity contribution is -0.0126. The van der Waals surface area contributed by atoms with E-state index in [4.69, 9.17) is 9.47 Å². The minimum absolute atomic E-state index is 0.0774. The number of rotatable bonds is 7. The summed E-state index contributed by atoms with van der Waals surface area (Å²) in [5.74, 6) is 0.563. The Morgan fingerprint density at radius 1 is 1.16 bits per heavy atom. The van der Waals surface area contributed by atoms with Crippen molar-refractivity contribution in [3.8, 4) is 5.75 Å². The lowest BCUT2D eigenvalue weighted by atomic mass is 10.1. The molecule has 0 spiro atoms. The van der Waals surface area contributed by atoms with Crippen molar-refractivity contribution in [1.82, 2.24) is 0 Å². The Bertz CT molecular complexity index is 393. The van der Waals surface area contributed by atoms with Gasteiger partial charge in [-0.3, -0.25) is 0 Å². The molecule has 0 bridgehead atoms. The fraction of sp³-hybridized carbons (Fsp3) is 0.571. The molecule has 2 atom stereocenters. The highest BCUT2D eigenvalue weighted by atomic mass is 79.9. The zero-order valence-corrected chi connectivity index (χ0v) is 13.1. The van der Waals surface area contributed by atoms with Crippen LogP contribution in [-0.2, 0) is 4.74 Å². The van der Waals surface area contributed by atoms with Gasteiger partial charge in [-0.15, -0.1) is 0 Å². The second-order valence-electron chi connectivity index (χ2n) is 4.71. The van der Waals surface area contributed by atoms with Gasteiger partial charge in [-0.2, -0.15) is 0 Å². The van der Waals surface area contributed by atoms with Gasteiger partial charge in [0.2, 0.25) is 0 Å². The zero-order chi connectivity index (χ0) is 14.4. The number of hydrogen-bond donors (Lipinski definition) is 2. The highest BCUT2D eigenvalue weighted by Gasteiger charge is 2.12. The molecule has 1 aromatic carbocycles. The van der Waals surface area contributed by atoms with E-state index < -0.39 is 12.2 Å². The van der Waals surface area contributed by atoms with Crippen LogP contribution >= 0.6 is 15.9 Å². The zero-order valence-electron chi connectivity index (χ0n) is 11.5. The number of aliphatic hydroxyl groups excluding tert-OH is 2. The third-order valence-electron chi connectivity index (χ3n) is 2.48. The Hall–Kier alpha value is -0.620. The summed E-state index contributed by atoms with van der Waals surface area (Å²) in [6.45, 7) is 5.85. The molecular weight excluding hydrogens is 312 g/mol. The first kappa shape index (κ1) is 16.4.